The topological polar surface area (TPSA) is 78.6 Å². The van der Waals surface area contributed by atoms with Crippen molar-refractivity contribution in [3.05, 3.63) is 29.6 Å². The molecule has 0 aromatic heterocycles. The van der Waals surface area contributed by atoms with Crippen molar-refractivity contribution >= 4 is 17.6 Å². The summed E-state index contributed by atoms with van der Waals surface area (Å²) in [6, 6.07) is 3.56. The molecule has 2 N–H and O–H groups in total. The Morgan fingerprint density at radius 1 is 1.37 bits per heavy atom. The van der Waals surface area contributed by atoms with Crippen molar-refractivity contribution in [1.29, 1.82) is 0 Å². The summed E-state index contributed by atoms with van der Waals surface area (Å²) >= 11 is 0. The molecule has 0 spiro atoms. The summed E-state index contributed by atoms with van der Waals surface area (Å²) in [5.41, 5.74) is 5.40. The number of halogens is 1. The molecule has 0 aliphatic carbocycles. The fourth-order valence-electron chi connectivity index (χ4n) is 1.43. The number of rotatable bonds is 5. The molecule has 0 aliphatic rings. The Morgan fingerprint density at radius 3 is 2.63 bits per heavy atom. The molecule has 1 aromatic carbocycles. The lowest BCUT2D eigenvalue weighted by atomic mass is 10.2. The molecule has 0 bridgehead atoms. The highest BCUT2D eigenvalue weighted by molar-refractivity contribution is 5.92. The monoisotopic (exact) mass is 269 g/mol. The van der Waals surface area contributed by atoms with E-state index < -0.39 is 23.9 Å². The van der Waals surface area contributed by atoms with Crippen molar-refractivity contribution in [3.8, 4) is 0 Å². The van der Waals surface area contributed by atoms with Gasteiger partial charge in [0.1, 0.15) is 5.82 Å². The van der Waals surface area contributed by atoms with Gasteiger partial charge in [-0.2, -0.15) is 0 Å². The number of carbonyl (C=O) groups excluding carboxylic acids is 2. The maximum absolute atomic E-state index is 13.5. The minimum atomic E-state index is -1.05. The molecule has 0 saturated carbocycles. The van der Waals surface area contributed by atoms with E-state index >= 15 is 0 Å². The van der Waals surface area contributed by atoms with Gasteiger partial charge in [-0.15, -0.1) is 0 Å². The predicted molar refractivity (Wildman–Crippen MR) is 66.9 cm³/mol. The second-order valence-corrected chi connectivity index (χ2v) is 3.79. The van der Waals surface area contributed by atoms with Crippen LogP contribution in [-0.4, -0.2) is 24.6 Å². The van der Waals surface area contributed by atoms with E-state index in [-0.39, 0.29) is 24.3 Å². The highest BCUT2D eigenvalue weighted by atomic mass is 19.1. The number of benzene rings is 1. The van der Waals surface area contributed by atoms with Crippen LogP contribution in [0.3, 0.4) is 0 Å². The Morgan fingerprint density at radius 2 is 2.05 bits per heavy atom. The summed E-state index contributed by atoms with van der Waals surface area (Å²) in [4.78, 5) is 23.2. The lowest BCUT2D eigenvalue weighted by Crippen LogP contribution is -2.29. The van der Waals surface area contributed by atoms with Crippen LogP contribution in [0.2, 0.25) is 0 Å². The Kier molecular flexibility index (Phi) is 5.29. The average Bonchev–Trinajstić information content (AvgIpc) is 2.38. The van der Waals surface area contributed by atoms with E-state index in [9.17, 15) is 14.0 Å². The Labute approximate surface area is 110 Å². The van der Waals surface area contributed by atoms with Gasteiger partial charge in [0, 0.05) is 5.69 Å². The molecule has 0 amide bonds. The molecular formula is C13H16FNO4. The summed E-state index contributed by atoms with van der Waals surface area (Å²) in [6.45, 7) is 3.48. The van der Waals surface area contributed by atoms with E-state index in [1.807, 2.05) is 0 Å². The van der Waals surface area contributed by atoms with Gasteiger partial charge in [0.15, 0.2) is 6.10 Å². The van der Waals surface area contributed by atoms with Crippen molar-refractivity contribution in [2.24, 2.45) is 0 Å². The second-order valence-electron chi connectivity index (χ2n) is 3.79. The highest BCUT2D eigenvalue weighted by Crippen LogP contribution is 2.15. The first-order chi connectivity index (χ1) is 8.99. The van der Waals surface area contributed by atoms with Crippen LogP contribution < -0.4 is 5.73 Å². The van der Waals surface area contributed by atoms with E-state index in [1.165, 1.54) is 6.07 Å². The van der Waals surface area contributed by atoms with Gasteiger partial charge in [0.25, 0.3) is 0 Å². The maximum atomic E-state index is 13.5. The van der Waals surface area contributed by atoms with Gasteiger partial charge in [-0.3, -0.25) is 0 Å². The number of carbonyl (C=O) groups is 2. The van der Waals surface area contributed by atoms with E-state index in [0.717, 1.165) is 12.1 Å². The quantitative estimate of drug-likeness (QED) is 0.652. The Hall–Kier alpha value is -2.11. The van der Waals surface area contributed by atoms with Gasteiger partial charge in [-0.1, -0.05) is 6.92 Å². The largest absolute Gasteiger partial charge is 0.463 e. The molecule has 1 aromatic rings. The maximum Gasteiger partial charge on any atom is 0.347 e. The Balaban J connectivity index is 2.82. The van der Waals surface area contributed by atoms with Crippen molar-refractivity contribution in [1.82, 2.24) is 0 Å². The number of nitrogens with two attached hydrogens (primary N) is 1. The molecule has 1 unspecified atom stereocenters. The smallest absolute Gasteiger partial charge is 0.347 e. The molecule has 1 atom stereocenters. The molecule has 0 saturated heterocycles. The summed E-state index contributed by atoms with van der Waals surface area (Å²) in [6.07, 6.45) is -0.803. The molecule has 0 radical (unpaired) electrons. The first kappa shape index (κ1) is 14.9. The van der Waals surface area contributed by atoms with Crippen LogP contribution in [0, 0.1) is 5.82 Å². The lowest BCUT2D eigenvalue weighted by molar-refractivity contribution is -0.153. The second kappa shape index (κ2) is 6.72. The number of hydrogen-bond donors (Lipinski definition) is 1. The molecular weight excluding hydrogens is 253 g/mol. The zero-order chi connectivity index (χ0) is 14.4. The molecule has 6 heteroatoms. The molecule has 0 heterocycles. The fraction of sp³-hybridized carbons (Fsp3) is 0.385. The van der Waals surface area contributed by atoms with Crippen LogP contribution in [0.1, 0.15) is 30.6 Å². The number of hydrogen-bond acceptors (Lipinski definition) is 5. The van der Waals surface area contributed by atoms with E-state index in [2.05, 4.69) is 0 Å². The number of ether oxygens (including phenoxy) is 2. The molecule has 0 aliphatic heterocycles. The van der Waals surface area contributed by atoms with Gasteiger partial charge in [0.05, 0.1) is 12.2 Å². The zero-order valence-corrected chi connectivity index (χ0v) is 10.8. The minimum Gasteiger partial charge on any atom is -0.463 e. The average molecular weight is 269 g/mol. The third kappa shape index (κ3) is 3.94. The SMILES string of the molecule is CCOC(=O)C(CC)OC(=O)c1cc(N)ccc1F. The Bertz CT molecular complexity index is 476. The van der Waals surface area contributed by atoms with E-state index in [4.69, 9.17) is 15.2 Å². The summed E-state index contributed by atoms with van der Waals surface area (Å²) in [5.74, 6) is -2.34. The van der Waals surface area contributed by atoms with E-state index in [0.29, 0.717) is 0 Å². The van der Waals surface area contributed by atoms with Crippen LogP contribution in [0.5, 0.6) is 0 Å². The summed E-state index contributed by atoms with van der Waals surface area (Å²) in [7, 11) is 0. The third-order valence-electron chi connectivity index (χ3n) is 2.38. The third-order valence-corrected chi connectivity index (χ3v) is 2.38. The molecule has 19 heavy (non-hydrogen) atoms. The van der Waals surface area contributed by atoms with E-state index in [1.54, 1.807) is 13.8 Å². The molecule has 104 valence electrons. The first-order valence-corrected chi connectivity index (χ1v) is 5.92. The van der Waals surface area contributed by atoms with Crippen molar-refractivity contribution in [3.63, 3.8) is 0 Å². The first-order valence-electron chi connectivity index (χ1n) is 5.92. The van der Waals surface area contributed by atoms with Gasteiger partial charge < -0.3 is 15.2 Å². The van der Waals surface area contributed by atoms with Crippen molar-refractivity contribution < 1.29 is 23.5 Å². The van der Waals surface area contributed by atoms with Gasteiger partial charge >= 0.3 is 11.9 Å². The number of esters is 2. The number of anilines is 1. The summed E-state index contributed by atoms with van der Waals surface area (Å²) in [5, 5.41) is 0. The molecule has 0 fully saturated rings. The van der Waals surface area contributed by atoms with Gasteiger partial charge in [-0.05, 0) is 31.5 Å². The molecule has 5 nitrogen and oxygen atoms in total. The van der Waals surface area contributed by atoms with Crippen molar-refractivity contribution in [2.45, 2.75) is 26.4 Å². The predicted octanol–water partition coefficient (Wildman–Crippen LogP) is 1.91. The van der Waals surface area contributed by atoms with Crippen molar-refractivity contribution in [2.75, 3.05) is 12.3 Å². The normalized spacial score (nSPS) is 11.7. The van der Waals surface area contributed by atoms with Crippen LogP contribution in [-0.2, 0) is 14.3 Å². The number of nitrogen functional groups attached to an aromatic ring is 1. The minimum absolute atomic E-state index is 0.180. The van der Waals surface area contributed by atoms with Crippen LogP contribution in [0.15, 0.2) is 18.2 Å². The lowest BCUT2D eigenvalue weighted by Gasteiger charge is -2.15. The van der Waals surface area contributed by atoms with Crippen LogP contribution in [0.25, 0.3) is 0 Å². The summed E-state index contributed by atoms with van der Waals surface area (Å²) < 4.78 is 23.1. The van der Waals surface area contributed by atoms with Crippen LogP contribution in [0.4, 0.5) is 10.1 Å². The van der Waals surface area contributed by atoms with Gasteiger partial charge in [-0.25, -0.2) is 14.0 Å². The fourth-order valence-corrected chi connectivity index (χ4v) is 1.43. The van der Waals surface area contributed by atoms with Gasteiger partial charge in [0.2, 0.25) is 0 Å². The standard InChI is InChI=1S/C13H16FNO4/c1-3-11(13(17)18-4-2)19-12(16)9-7-8(15)5-6-10(9)14/h5-7,11H,3-4,15H2,1-2H3. The van der Waals surface area contributed by atoms with Crippen LogP contribution >= 0.6 is 0 Å². The zero-order valence-electron chi connectivity index (χ0n) is 10.8. The highest BCUT2D eigenvalue weighted by Gasteiger charge is 2.24. The molecule has 1 rings (SSSR count).